The molecule has 1 atom stereocenters. The first-order chi connectivity index (χ1) is 7.65. The van der Waals surface area contributed by atoms with E-state index in [0.717, 1.165) is 23.3 Å². The van der Waals surface area contributed by atoms with Gasteiger partial charge >= 0.3 is 0 Å². The van der Waals surface area contributed by atoms with Crippen LogP contribution in [0.1, 0.15) is 24.5 Å². The molecule has 1 rings (SSSR count). The maximum Gasteiger partial charge on any atom is 0.123 e. The van der Waals surface area contributed by atoms with Gasteiger partial charge in [-0.05, 0) is 12.0 Å². The number of nitrogens with two attached hydrogens (primary N) is 1. The average Bonchev–Trinajstić information content (AvgIpc) is 2.27. The lowest BCUT2D eigenvalue weighted by molar-refractivity contribution is 0.289. The zero-order valence-electron chi connectivity index (χ0n) is 9.44. The van der Waals surface area contributed by atoms with Gasteiger partial charge in [-0.25, -0.2) is 0 Å². The smallest absolute Gasteiger partial charge is 0.123 e. The van der Waals surface area contributed by atoms with Crippen LogP contribution in [0.25, 0.3) is 0 Å². The molecule has 0 saturated carbocycles. The lowest BCUT2D eigenvalue weighted by Crippen LogP contribution is -2.13. The summed E-state index contributed by atoms with van der Waals surface area (Å²) in [6.07, 6.45) is 0.799. The average molecular weight is 238 g/mol. The number of amidine groups is 1. The largest absolute Gasteiger partial charge is 0.396 e. The second-order valence-electron chi connectivity index (χ2n) is 3.70. The van der Waals surface area contributed by atoms with Crippen LogP contribution in [0.2, 0.25) is 0 Å². The van der Waals surface area contributed by atoms with Gasteiger partial charge in [0.05, 0.1) is 0 Å². The Kier molecular flexibility index (Phi) is 5.35. The molecule has 0 radical (unpaired) electrons. The maximum atomic E-state index is 8.81. The Balaban J connectivity index is 2.63. The number of hydrogen-bond donors (Lipinski definition) is 3. The Bertz CT molecular complexity index is 355. The molecule has 0 saturated heterocycles. The summed E-state index contributed by atoms with van der Waals surface area (Å²) in [7, 11) is 0. The van der Waals surface area contributed by atoms with Crippen LogP contribution in [0.4, 0.5) is 0 Å². The molecule has 0 spiro atoms. The fraction of sp³-hybridized carbons (Fsp3) is 0.417. The van der Waals surface area contributed by atoms with E-state index in [2.05, 4.69) is 6.92 Å². The molecular formula is C12H18N2OS. The number of benzene rings is 1. The third-order valence-corrected chi connectivity index (χ3v) is 3.65. The van der Waals surface area contributed by atoms with Gasteiger partial charge in [0.15, 0.2) is 0 Å². The molecule has 4 N–H and O–H groups in total. The van der Waals surface area contributed by atoms with Crippen molar-refractivity contribution in [2.75, 3.05) is 6.61 Å². The van der Waals surface area contributed by atoms with Crippen molar-refractivity contribution in [2.45, 2.75) is 24.3 Å². The standard InChI is InChI=1S/C12H18N2OS/c1-9(6-7-15)16-8-10-4-2-3-5-11(10)12(13)14/h2-5,9,15H,6-8H2,1H3,(H3,13,14). The topological polar surface area (TPSA) is 70.1 Å². The fourth-order valence-electron chi connectivity index (χ4n) is 1.41. The molecular weight excluding hydrogens is 220 g/mol. The molecule has 0 aliphatic carbocycles. The van der Waals surface area contributed by atoms with E-state index in [4.69, 9.17) is 16.2 Å². The van der Waals surface area contributed by atoms with Crippen LogP contribution in [-0.2, 0) is 5.75 Å². The van der Waals surface area contributed by atoms with E-state index in [0.29, 0.717) is 5.25 Å². The van der Waals surface area contributed by atoms with Crippen molar-refractivity contribution in [3.63, 3.8) is 0 Å². The summed E-state index contributed by atoms with van der Waals surface area (Å²) >= 11 is 1.77. The molecule has 0 heterocycles. The monoisotopic (exact) mass is 238 g/mol. The molecule has 1 aromatic rings. The maximum absolute atomic E-state index is 8.81. The number of nitrogens with one attached hydrogen (secondary N) is 1. The highest BCUT2D eigenvalue weighted by Crippen LogP contribution is 2.21. The number of aliphatic hydroxyl groups is 1. The summed E-state index contributed by atoms with van der Waals surface area (Å²) in [5, 5.41) is 16.7. The number of rotatable bonds is 6. The molecule has 3 nitrogen and oxygen atoms in total. The van der Waals surface area contributed by atoms with Crippen LogP contribution in [0, 0.1) is 5.41 Å². The van der Waals surface area contributed by atoms with Crippen LogP contribution in [0.15, 0.2) is 24.3 Å². The Hall–Kier alpha value is -1.00. The summed E-state index contributed by atoms with van der Waals surface area (Å²) in [6, 6.07) is 7.71. The normalized spacial score (nSPS) is 12.4. The van der Waals surface area contributed by atoms with Gasteiger partial charge in [0.1, 0.15) is 5.84 Å². The second kappa shape index (κ2) is 6.55. The van der Waals surface area contributed by atoms with Crippen LogP contribution < -0.4 is 5.73 Å². The first-order valence-electron chi connectivity index (χ1n) is 5.30. The van der Waals surface area contributed by atoms with Crippen molar-refractivity contribution in [3.05, 3.63) is 35.4 Å². The number of aliphatic hydroxyl groups excluding tert-OH is 1. The molecule has 0 aromatic heterocycles. The Morgan fingerprint density at radius 1 is 1.50 bits per heavy atom. The van der Waals surface area contributed by atoms with Gasteiger partial charge < -0.3 is 10.8 Å². The summed E-state index contributed by atoms with van der Waals surface area (Å²) in [5.41, 5.74) is 7.41. The summed E-state index contributed by atoms with van der Waals surface area (Å²) in [5.74, 6) is 0.947. The van der Waals surface area contributed by atoms with Gasteiger partial charge in [0, 0.05) is 23.2 Å². The van der Waals surface area contributed by atoms with Gasteiger partial charge in [-0.3, -0.25) is 5.41 Å². The Labute approximate surface area is 101 Å². The Morgan fingerprint density at radius 3 is 2.81 bits per heavy atom. The van der Waals surface area contributed by atoms with Crippen molar-refractivity contribution in [1.82, 2.24) is 0 Å². The van der Waals surface area contributed by atoms with Gasteiger partial charge in [-0.2, -0.15) is 11.8 Å². The quantitative estimate of drug-likeness (QED) is 0.524. The molecule has 1 unspecified atom stereocenters. The molecule has 1 aromatic carbocycles. The number of nitrogen functional groups attached to an aromatic ring is 1. The Morgan fingerprint density at radius 2 is 2.19 bits per heavy atom. The van der Waals surface area contributed by atoms with Crippen LogP contribution in [0.3, 0.4) is 0 Å². The van der Waals surface area contributed by atoms with Crippen molar-refractivity contribution in [1.29, 1.82) is 5.41 Å². The third-order valence-electron chi connectivity index (χ3n) is 2.37. The molecule has 0 aliphatic heterocycles. The highest BCUT2D eigenvalue weighted by atomic mass is 32.2. The predicted octanol–water partition coefficient (Wildman–Crippen LogP) is 1.97. The molecule has 0 amide bonds. The van der Waals surface area contributed by atoms with E-state index >= 15 is 0 Å². The molecule has 0 aliphatic rings. The van der Waals surface area contributed by atoms with E-state index in [9.17, 15) is 0 Å². The molecule has 0 bridgehead atoms. The summed E-state index contributed by atoms with van der Waals surface area (Å²) < 4.78 is 0. The first kappa shape index (κ1) is 13.1. The molecule has 0 fully saturated rings. The van der Waals surface area contributed by atoms with Gasteiger partial charge in [0.2, 0.25) is 0 Å². The van der Waals surface area contributed by atoms with Gasteiger partial charge in [-0.1, -0.05) is 31.2 Å². The van der Waals surface area contributed by atoms with E-state index in [1.807, 2.05) is 24.3 Å². The summed E-state index contributed by atoms with van der Waals surface area (Å²) in [4.78, 5) is 0. The lowest BCUT2D eigenvalue weighted by atomic mass is 10.1. The van der Waals surface area contributed by atoms with Crippen LogP contribution in [-0.4, -0.2) is 22.8 Å². The van der Waals surface area contributed by atoms with Gasteiger partial charge in [0.25, 0.3) is 0 Å². The van der Waals surface area contributed by atoms with Crippen molar-refractivity contribution in [3.8, 4) is 0 Å². The minimum absolute atomic E-state index is 0.117. The minimum atomic E-state index is 0.117. The molecule has 88 valence electrons. The van der Waals surface area contributed by atoms with Crippen molar-refractivity contribution >= 4 is 17.6 Å². The van der Waals surface area contributed by atoms with E-state index in [1.165, 1.54) is 0 Å². The molecule has 4 heteroatoms. The lowest BCUT2D eigenvalue weighted by Gasteiger charge is -2.11. The van der Waals surface area contributed by atoms with E-state index in [1.54, 1.807) is 11.8 Å². The predicted molar refractivity (Wildman–Crippen MR) is 69.9 cm³/mol. The van der Waals surface area contributed by atoms with Crippen molar-refractivity contribution < 1.29 is 5.11 Å². The fourth-order valence-corrected chi connectivity index (χ4v) is 2.39. The van der Waals surface area contributed by atoms with Crippen LogP contribution >= 0.6 is 11.8 Å². The van der Waals surface area contributed by atoms with E-state index < -0.39 is 0 Å². The van der Waals surface area contributed by atoms with Crippen LogP contribution in [0.5, 0.6) is 0 Å². The number of thioether (sulfide) groups is 1. The third kappa shape index (κ3) is 3.87. The number of hydrogen-bond acceptors (Lipinski definition) is 3. The SMILES string of the molecule is CC(CCO)SCc1ccccc1C(=N)N. The van der Waals surface area contributed by atoms with E-state index in [-0.39, 0.29) is 12.4 Å². The zero-order chi connectivity index (χ0) is 12.0. The highest BCUT2D eigenvalue weighted by molar-refractivity contribution is 7.99. The minimum Gasteiger partial charge on any atom is -0.396 e. The zero-order valence-corrected chi connectivity index (χ0v) is 10.3. The van der Waals surface area contributed by atoms with Crippen molar-refractivity contribution in [2.24, 2.45) is 5.73 Å². The first-order valence-corrected chi connectivity index (χ1v) is 6.34. The summed E-state index contributed by atoms with van der Waals surface area (Å²) in [6.45, 7) is 2.32. The second-order valence-corrected chi connectivity index (χ2v) is 5.13. The molecule has 16 heavy (non-hydrogen) atoms. The van der Waals surface area contributed by atoms with Gasteiger partial charge in [-0.15, -0.1) is 0 Å². The highest BCUT2D eigenvalue weighted by Gasteiger charge is 2.07.